The summed E-state index contributed by atoms with van der Waals surface area (Å²) in [5.41, 5.74) is 2.48. The Kier molecular flexibility index (Phi) is 5.28. The summed E-state index contributed by atoms with van der Waals surface area (Å²) in [6.07, 6.45) is 5.17. The van der Waals surface area contributed by atoms with Gasteiger partial charge in [-0.25, -0.2) is 0 Å². The Morgan fingerprint density at radius 2 is 2.16 bits per heavy atom. The fraction of sp³-hybridized carbons (Fsp3) is 0.625. The van der Waals surface area contributed by atoms with Gasteiger partial charge >= 0.3 is 0 Å². The van der Waals surface area contributed by atoms with Crippen molar-refractivity contribution in [2.45, 2.75) is 65.1 Å². The Hall–Kier alpha value is -0.540. The average molecular weight is 326 g/mol. The van der Waals surface area contributed by atoms with E-state index in [1.54, 1.807) is 0 Å². The van der Waals surface area contributed by atoms with E-state index < -0.39 is 0 Å². The zero-order chi connectivity index (χ0) is 13.8. The molecule has 0 heterocycles. The van der Waals surface area contributed by atoms with Crippen LogP contribution < -0.4 is 10.1 Å². The summed E-state index contributed by atoms with van der Waals surface area (Å²) in [5.74, 6) is 1.07. The van der Waals surface area contributed by atoms with Crippen LogP contribution in [0.2, 0.25) is 0 Å². The third-order valence-electron chi connectivity index (χ3n) is 3.49. The first kappa shape index (κ1) is 14.9. The molecule has 1 fully saturated rings. The Morgan fingerprint density at radius 1 is 1.42 bits per heavy atom. The van der Waals surface area contributed by atoms with Crippen molar-refractivity contribution in [3.63, 3.8) is 0 Å². The molecule has 0 aliphatic heterocycles. The van der Waals surface area contributed by atoms with Crippen LogP contribution in [-0.2, 0) is 6.54 Å². The van der Waals surface area contributed by atoms with Crippen LogP contribution in [0.4, 0.5) is 0 Å². The van der Waals surface area contributed by atoms with E-state index >= 15 is 0 Å². The van der Waals surface area contributed by atoms with Gasteiger partial charge in [0.05, 0.1) is 6.10 Å². The number of rotatable bonds is 7. The lowest BCUT2D eigenvalue weighted by atomic mass is 10.1. The molecule has 1 aromatic carbocycles. The Labute approximate surface area is 125 Å². The van der Waals surface area contributed by atoms with Crippen LogP contribution in [0.15, 0.2) is 16.6 Å². The highest BCUT2D eigenvalue weighted by Gasteiger charge is 2.21. The first-order valence-corrected chi connectivity index (χ1v) is 8.08. The molecule has 0 aromatic heterocycles. The van der Waals surface area contributed by atoms with Gasteiger partial charge in [0.2, 0.25) is 0 Å². The standard InChI is InChI=1S/C16H24BrNO/c1-4-5-12(3)19-16-11(2)8-14(17)9-13(16)10-18-15-6-7-15/h8-9,12,15,18H,4-7,10H2,1-3H3. The molecule has 1 aliphatic rings. The number of halogens is 1. The van der Waals surface area contributed by atoms with Gasteiger partial charge in [0, 0.05) is 22.6 Å². The highest BCUT2D eigenvalue weighted by atomic mass is 79.9. The number of hydrogen-bond donors (Lipinski definition) is 1. The van der Waals surface area contributed by atoms with Crippen LogP contribution in [0.1, 0.15) is 50.7 Å². The van der Waals surface area contributed by atoms with Crippen molar-refractivity contribution in [2.24, 2.45) is 0 Å². The molecule has 19 heavy (non-hydrogen) atoms. The molecule has 2 rings (SSSR count). The lowest BCUT2D eigenvalue weighted by molar-refractivity contribution is 0.206. The van der Waals surface area contributed by atoms with E-state index in [-0.39, 0.29) is 6.10 Å². The summed E-state index contributed by atoms with van der Waals surface area (Å²) < 4.78 is 7.30. The monoisotopic (exact) mass is 325 g/mol. The summed E-state index contributed by atoms with van der Waals surface area (Å²) in [5, 5.41) is 3.57. The van der Waals surface area contributed by atoms with Crippen molar-refractivity contribution in [3.05, 3.63) is 27.7 Å². The lowest BCUT2D eigenvalue weighted by Crippen LogP contribution is -2.18. The summed E-state index contributed by atoms with van der Waals surface area (Å²) in [4.78, 5) is 0. The Bertz CT molecular complexity index is 429. The SMILES string of the molecule is CCCC(C)Oc1c(C)cc(Br)cc1CNC1CC1. The zero-order valence-electron chi connectivity index (χ0n) is 12.1. The molecule has 0 saturated heterocycles. The molecule has 1 saturated carbocycles. The molecule has 0 spiro atoms. The van der Waals surface area contributed by atoms with Crippen molar-refractivity contribution in [2.75, 3.05) is 0 Å². The second-order valence-electron chi connectivity index (χ2n) is 5.58. The van der Waals surface area contributed by atoms with Crippen molar-refractivity contribution in [1.29, 1.82) is 0 Å². The molecule has 1 N–H and O–H groups in total. The zero-order valence-corrected chi connectivity index (χ0v) is 13.7. The summed E-state index contributed by atoms with van der Waals surface area (Å²) in [7, 11) is 0. The lowest BCUT2D eigenvalue weighted by Gasteiger charge is -2.20. The number of hydrogen-bond acceptors (Lipinski definition) is 2. The molecule has 1 aromatic rings. The quantitative estimate of drug-likeness (QED) is 0.792. The van der Waals surface area contributed by atoms with Gasteiger partial charge in [0.1, 0.15) is 5.75 Å². The number of benzene rings is 1. The predicted octanol–water partition coefficient (Wildman–Crippen LogP) is 4.58. The third-order valence-corrected chi connectivity index (χ3v) is 3.95. The second kappa shape index (κ2) is 6.76. The van der Waals surface area contributed by atoms with Crippen LogP contribution in [0.3, 0.4) is 0 Å². The molecule has 2 nitrogen and oxygen atoms in total. The topological polar surface area (TPSA) is 21.3 Å². The minimum absolute atomic E-state index is 0.282. The Balaban J connectivity index is 2.12. The summed E-state index contributed by atoms with van der Waals surface area (Å²) in [6.45, 7) is 7.38. The summed E-state index contributed by atoms with van der Waals surface area (Å²) in [6, 6.07) is 5.03. The molecule has 1 aliphatic carbocycles. The predicted molar refractivity (Wildman–Crippen MR) is 83.7 cm³/mol. The number of nitrogens with one attached hydrogen (secondary N) is 1. The van der Waals surface area contributed by atoms with E-state index in [0.29, 0.717) is 0 Å². The second-order valence-corrected chi connectivity index (χ2v) is 6.50. The van der Waals surface area contributed by atoms with Crippen LogP contribution in [0, 0.1) is 6.92 Å². The Morgan fingerprint density at radius 3 is 2.79 bits per heavy atom. The van der Waals surface area contributed by atoms with Crippen molar-refractivity contribution >= 4 is 15.9 Å². The van der Waals surface area contributed by atoms with Gasteiger partial charge in [-0.2, -0.15) is 0 Å². The van der Waals surface area contributed by atoms with Crippen molar-refractivity contribution in [1.82, 2.24) is 5.32 Å². The molecule has 1 unspecified atom stereocenters. The molecule has 3 heteroatoms. The van der Waals surface area contributed by atoms with Gasteiger partial charge in [-0.1, -0.05) is 29.3 Å². The van der Waals surface area contributed by atoms with E-state index in [1.165, 1.54) is 24.0 Å². The van der Waals surface area contributed by atoms with E-state index in [9.17, 15) is 0 Å². The fourth-order valence-corrected chi connectivity index (χ4v) is 2.93. The molecule has 1 atom stereocenters. The van der Waals surface area contributed by atoms with Crippen LogP contribution in [0.25, 0.3) is 0 Å². The third kappa shape index (κ3) is 4.50. The van der Waals surface area contributed by atoms with Crippen LogP contribution in [0.5, 0.6) is 5.75 Å². The molecule has 0 radical (unpaired) electrons. The van der Waals surface area contributed by atoms with E-state index in [0.717, 1.165) is 35.7 Å². The van der Waals surface area contributed by atoms with Gasteiger partial charge in [0.25, 0.3) is 0 Å². The van der Waals surface area contributed by atoms with Gasteiger partial charge in [-0.3, -0.25) is 0 Å². The minimum atomic E-state index is 0.282. The molecule has 106 valence electrons. The normalized spacial score (nSPS) is 16.4. The number of aryl methyl sites for hydroxylation is 1. The molecular weight excluding hydrogens is 302 g/mol. The maximum Gasteiger partial charge on any atom is 0.127 e. The highest BCUT2D eigenvalue weighted by Crippen LogP contribution is 2.30. The molecular formula is C16H24BrNO. The number of ether oxygens (including phenoxy) is 1. The maximum atomic E-state index is 6.16. The van der Waals surface area contributed by atoms with Crippen LogP contribution in [-0.4, -0.2) is 12.1 Å². The molecule has 0 amide bonds. The van der Waals surface area contributed by atoms with Gasteiger partial charge < -0.3 is 10.1 Å². The minimum Gasteiger partial charge on any atom is -0.490 e. The van der Waals surface area contributed by atoms with Crippen molar-refractivity contribution < 1.29 is 4.74 Å². The highest BCUT2D eigenvalue weighted by molar-refractivity contribution is 9.10. The van der Waals surface area contributed by atoms with Gasteiger partial charge in [-0.05, 0) is 50.8 Å². The fourth-order valence-electron chi connectivity index (χ4n) is 2.31. The average Bonchev–Trinajstić information content (AvgIpc) is 3.14. The van der Waals surface area contributed by atoms with E-state index in [2.05, 4.69) is 54.2 Å². The van der Waals surface area contributed by atoms with E-state index in [4.69, 9.17) is 4.74 Å². The van der Waals surface area contributed by atoms with Crippen molar-refractivity contribution in [3.8, 4) is 5.75 Å². The van der Waals surface area contributed by atoms with Crippen LogP contribution >= 0.6 is 15.9 Å². The summed E-state index contributed by atoms with van der Waals surface area (Å²) >= 11 is 3.58. The van der Waals surface area contributed by atoms with E-state index in [1.807, 2.05) is 0 Å². The maximum absolute atomic E-state index is 6.16. The smallest absolute Gasteiger partial charge is 0.127 e. The van der Waals surface area contributed by atoms with Gasteiger partial charge in [0.15, 0.2) is 0 Å². The van der Waals surface area contributed by atoms with Gasteiger partial charge in [-0.15, -0.1) is 0 Å². The first-order chi connectivity index (χ1) is 9.10. The first-order valence-electron chi connectivity index (χ1n) is 7.29. The largest absolute Gasteiger partial charge is 0.490 e. The molecule has 0 bridgehead atoms.